The Morgan fingerprint density at radius 1 is 1.34 bits per heavy atom. The highest BCUT2D eigenvalue weighted by Crippen LogP contribution is 2.58. The molecule has 32 heavy (non-hydrogen) atoms. The molecule has 2 fully saturated rings. The first kappa shape index (κ1) is 22.9. The van der Waals surface area contributed by atoms with Crippen LogP contribution >= 0.6 is 0 Å². The molecule has 0 bridgehead atoms. The molecule has 7 heteroatoms. The fourth-order valence-electron chi connectivity index (χ4n) is 5.99. The molecule has 1 N–H and O–H groups in total. The van der Waals surface area contributed by atoms with Gasteiger partial charge in [-0.05, 0) is 51.3 Å². The molecule has 0 aromatic heterocycles. The molecule has 4 atom stereocenters. The fraction of sp³-hybridized carbons (Fsp3) is 0.600. The van der Waals surface area contributed by atoms with Gasteiger partial charge in [0, 0.05) is 49.2 Å². The van der Waals surface area contributed by atoms with Crippen molar-refractivity contribution in [1.29, 1.82) is 0 Å². The molecule has 3 heterocycles. The summed E-state index contributed by atoms with van der Waals surface area (Å²) in [5.41, 5.74) is -0.854. The van der Waals surface area contributed by atoms with Gasteiger partial charge in [-0.1, -0.05) is 13.0 Å². The molecule has 2 amide bonds. The molecule has 0 radical (unpaired) electrons. The van der Waals surface area contributed by atoms with Crippen LogP contribution in [0.1, 0.15) is 52.0 Å². The van der Waals surface area contributed by atoms with Crippen LogP contribution in [0, 0.1) is 11.8 Å². The van der Waals surface area contributed by atoms with Crippen molar-refractivity contribution in [2.24, 2.45) is 11.8 Å². The molecule has 0 aliphatic carbocycles. The number of carbonyl (C=O) groups excluding carboxylic acids is 2. The molecule has 1 aromatic carbocycles. The smallest absolute Gasteiger partial charge is 0.264 e. The normalized spacial score (nSPS) is 30.3. The van der Waals surface area contributed by atoms with E-state index in [2.05, 4.69) is 6.58 Å². The summed E-state index contributed by atoms with van der Waals surface area (Å²) in [6, 6.07) is 5.60. The number of aliphatic hydroxyl groups is 1. The van der Waals surface area contributed by atoms with Gasteiger partial charge in [-0.3, -0.25) is 9.59 Å². The van der Waals surface area contributed by atoms with Crippen LogP contribution < -0.4 is 9.80 Å². The van der Waals surface area contributed by atoms with Crippen LogP contribution in [0.5, 0.6) is 0 Å². The molecule has 3 aliphatic rings. The summed E-state index contributed by atoms with van der Waals surface area (Å²) in [5.74, 6) is -1.21. The van der Waals surface area contributed by atoms with Gasteiger partial charge in [-0.15, -0.1) is 6.58 Å². The summed E-state index contributed by atoms with van der Waals surface area (Å²) in [5, 5.41) is 9.61. The largest absolute Gasteiger partial charge is 0.396 e. The summed E-state index contributed by atoms with van der Waals surface area (Å²) in [4.78, 5) is 29.8. The molecule has 2 saturated heterocycles. The third-order valence-corrected chi connectivity index (χ3v) is 7.30. The number of hydrogen-bond donors (Lipinski definition) is 1. The van der Waals surface area contributed by atoms with Crippen LogP contribution in [0.4, 0.5) is 15.8 Å². The lowest BCUT2D eigenvalue weighted by Gasteiger charge is -2.33. The number of ether oxygens (including phenoxy) is 1. The van der Waals surface area contributed by atoms with Crippen molar-refractivity contribution in [3.05, 3.63) is 36.4 Å². The number of anilines is 2. The van der Waals surface area contributed by atoms with Gasteiger partial charge < -0.3 is 19.6 Å². The van der Waals surface area contributed by atoms with Gasteiger partial charge >= 0.3 is 0 Å². The third kappa shape index (κ3) is 3.37. The number of fused-ring (bicyclic) bond motifs is 2. The molecule has 0 saturated carbocycles. The average molecular weight is 445 g/mol. The fourth-order valence-corrected chi connectivity index (χ4v) is 5.99. The van der Waals surface area contributed by atoms with Crippen LogP contribution in [0.2, 0.25) is 0 Å². The monoisotopic (exact) mass is 444 g/mol. The molecule has 1 aromatic rings. The lowest BCUT2D eigenvalue weighted by molar-refractivity contribution is -0.146. The average Bonchev–Trinajstić information content (AvgIpc) is 3.16. The van der Waals surface area contributed by atoms with Crippen LogP contribution in [0.25, 0.3) is 0 Å². The summed E-state index contributed by atoms with van der Waals surface area (Å²) in [7, 11) is 0. The minimum absolute atomic E-state index is 0.0684. The number of amides is 2. The molecule has 0 unspecified atom stereocenters. The molecule has 1 spiro atoms. The van der Waals surface area contributed by atoms with E-state index in [4.69, 9.17) is 4.74 Å². The van der Waals surface area contributed by atoms with Crippen LogP contribution in [-0.4, -0.2) is 48.4 Å². The standard InChI is InChI=1S/C25H33FN2O4/c1-5-12-28-19-10-9-17(27-13-7-6-8-21(27)30)15-18(19)25(23(28)31)16(2)22(24(3,4)26)20(32-25)11-14-29/h5,9-10,15-16,20,22,29H,1,6-8,11-14H2,2-4H3/t16-,20+,22-,25+/m0/s1. The Kier molecular flexibility index (Phi) is 5.92. The quantitative estimate of drug-likeness (QED) is 0.679. The van der Waals surface area contributed by atoms with Crippen molar-refractivity contribution in [2.45, 2.75) is 63.8 Å². The zero-order valence-corrected chi connectivity index (χ0v) is 19.1. The van der Waals surface area contributed by atoms with E-state index in [0.29, 0.717) is 30.8 Å². The number of aliphatic hydroxyl groups excluding tert-OH is 1. The maximum atomic E-state index is 15.4. The highest BCUT2D eigenvalue weighted by Gasteiger charge is 2.66. The molecule has 4 rings (SSSR count). The topological polar surface area (TPSA) is 70.1 Å². The number of piperidine rings is 1. The van der Waals surface area contributed by atoms with Crippen molar-refractivity contribution in [2.75, 3.05) is 29.5 Å². The molecule has 3 aliphatic heterocycles. The predicted octanol–water partition coefficient (Wildman–Crippen LogP) is 3.71. The van der Waals surface area contributed by atoms with Gasteiger partial charge in [0.25, 0.3) is 5.91 Å². The number of halogens is 1. The Hall–Kier alpha value is -2.25. The lowest BCUT2D eigenvalue weighted by Crippen LogP contribution is -2.45. The van der Waals surface area contributed by atoms with E-state index in [9.17, 15) is 14.7 Å². The van der Waals surface area contributed by atoms with Gasteiger partial charge in [0.05, 0.1) is 11.8 Å². The van der Waals surface area contributed by atoms with Gasteiger partial charge in [0.15, 0.2) is 5.60 Å². The van der Waals surface area contributed by atoms with E-state index >= 15 is 4.39 Å². The lowest BCUT2D eigenvalue weighted by atomic mass is 9.71. The van der Waals surface area contributed by atoms with Crippen molar-refractivity contribution < 1.29 is 23.8 Å². The Bertz CT molecular complexity index is 927. The summed E-state index contributed by atoms with van der Waals surface area (Å²) >= 11 is 0. The van der Waals surface area contributed by atoms with E-state index in [-0.39, 0.29) is 24.8 Å². The minimum Gasteiger partial charge on any atom is -0.396 e. The van der Waals surface area contributed by atoms with Gasteiger partial charge in [0.2, 0.25) is 5.91 Å². The molecular formula is C25H33FN2O4. The SMILES string of the molecule is C=CCN1C(=O)[C@]2(O[C@H](CCO)[C@@H](C(C)(C)F)[C@@H]2C)c2cc(N3CCCCC3=O)ccc21. The van der Waals surface area contributed by atoms with Crippen LogP contribution in [0.15, 0.2) is 30.9 Å². The first-order valence-electron chi connectivity index (χ1n) is 11.5. The number of rotatable bonds is 6. The van der Waals surface area contributed by atoms with Crippen molar-refractivity contribution in [3.63, 3.8) is 0 Å². The van der Waals surface area contributed by atoms with E-state index in [1.165, 1.54) is 13.8 Å². The van der Waals surface area contributed by atoms with Crippen molar-refractivity contribution >= 4 is 23.2 Å². The van der Waals surface area contributed by atoms with E-state index < -0.39 is 29.2 Å². The second kappa shape index (κ2) is 8.27. The number of benzene rings is 1. The molecule has 6 nitrogen and oxygen atoms in total. The number of nitrogens with zero attached hydrogens (tertiary/aromatic N) is 2. The zero-order valence-electron chi connectivity index (χ0n) is 19.1. The second-order valence-corrected chi connectivity index (χ2v) is 9.69. The van der Waals surface area contributed by atoms with E-state index in [1.807, 2.05) is 25.1 Å². The Morgan fingerprint density at radius 3 is 2.72 bits per heavy atom. The first-order chi connectivity index (χ1) is 15.2. The Labute approximate surface area is 189 Å². The minimum atomic E-state index is -1.60. The van der Waals surface area contributed by atoms with E-state index in [0.717, 1.165) is 18.5 Å². The van der Waals surface area contributed by atoms with Crippen LogP contribution in [-0.2, 0) is 19.9 Å². The van der Waals surface area contributed by atoms with Crippen LogP contribution in [0.3, 0.4) is 0 Å². The molecular weight excluding hydrogens is 411 g/mol. The zero-order chi connectivity index (χ0) is 23.3. The highest BCUT2D eigenvalue weighted by molar-refractivity contribution is 6.08. The predicted molar refractivity (Wildman–Crippen MR) is 121 cm³/mol. The summed E-state index contributed by atoms with van der Waals surface area (Å²) in [6.07, 6.45) is 3.62. The van der Waals surface area contributed by atoms with Gasteiger partial charge in [-0.25, -0.2) is 4.39 Å². The van der Waals surface area contributed by atoms with Crippen molar-refractivity contribution in [3.8, 4) is 0 Å². The number of hydrogen-bond acceptors (Lipinski definition) is 4. The Balaban J connectivity index is 1.86. The maximum Gasteiger partial charge on any atom is 0.264 e. The number of alkyl halides is 1. The molecule has 174 valence electrons. The third-order valence-electron chi connectivity index (χ3n) is 7.30. The Morgan fingerprint density at radius 2 is 2.09 bits per heavy atom. The summed E-state index contributed by atoms with van der Waals surface area (Å²) < 4.78 is 21.8. The maximum absolute atomic E-state index is 15.4. The second-order valence-electron chi connectivity index (χ2n) is 9.69. The van der Waals surface area contributed by atoms with Gasteiger partial charge in [-0.2, -0.15) is 0 Å². The summed E-state index contributed by atoms with van der Waals surface area (Å²) in [6.45, 7) is 9.45. The number of carbonyl (C=O) groups is 2. The first-order valence-corrected chi connectivity index (χ1v) is 11.5. The van der Waals surface area contributed by atoms with E-state index in [1.54, 1.807) is 15.9 Å². The van der Waals surface area contributed by atoms with Crippen molar-refractivity contribution in [1.82, 2.24) is 0 Å². The van der Waals surface area contributed by atoms with Gasteiger partial charge in [0.1, 0.15) is 5.67 Å². The highest BCUT2D eigenvalue weighted by atomic mass is 19.1.